The molecule has 0 radical (unpaired) electrons. The van der Waals surface area contributed by atoms with Crippen LogP contribution >= 0.6 is 0 Å². The third-order valence-corrected chi connectivity index (χ3v) is 3.62. The zero-order chi connectivity index (χ0) is 14.7. The van der Waals surface area contributed by atoms with Gasteiger partial charge in [-0.2, -0.15) is 0 Å². The van der Waals surface area contributed by atoms with Crippen LogP contribution in [0.4, 0.5) is 0 Å². The smallest absolute Gasteiger partial charge is 0.165 e. The van der Waals surface area contributed by atoms with E-state index in [0.717, 1.165) is 30.1 Å². The van der Waals surface area contributed by atoms with Gasteiger partial charge in [-0.15, -0.1) is 5.10 Å². The molecule has 0 spiro atoms. The number of ether oxygens (including phenoxy) is 1. The maximum atomic E-state index is 5.71. The van der Waals surface area contributed by atoms with E-state index in [-0.39, 0.29) is 6.04 Å². The molecule has 6 heteroatoms. The Bertz CT molecular complexity index is 595. The first-order chi connectivity index (χ1) is 10.3. The van der Waals surface area contributed by atoms with Crippen LogP contribution < -0.4 is 10.1 Å². The fourth-order valence-electron chi connectivity index (χ4n) is 2.62. The molecule has 0 saturated carbocycles. The summed E-state index contributed by atoms with van der Waals surface area (Å²) in [5.74, 6) is 2.42. The number of hydrogen-bond donors (Lipinski definition) is 1. The number of benzene rings is 1. The average molecular weight is 287 g/mol. The van der Waals surface area contributed by atoms with Crippen molar-refractivity contribution in [3.05, 3.63) is 35.7 Å². The van der Waals surface area contributed by atoms with Gasteiger partial charge in [0, 0.05) is 12.0 Å². The second-order valence-electron chi connectivity index (χ2n) is 5.76. The van der Waals surface area contributed by atoms with Crippen LogP contribution in [0.1, 0.15) is 37.7 Å². The Labute approximate surface area is 124 Å². The first-order valence-electron chi connectivity index (χ1n) is 7.45. The summed E-state index contributed by atoms with van der Waals surface area (Å²) in [6.07, 6.45) is 0.888. The van der Waals surface area contributed by atoms with Crippen molar-refractivity contribution in [3.63, 3.8) is 0 Å². The highest BCUT2D eigenvalue weighted by Gasteiger charge is 2.25. The molecule has 2 aromatic rings. The van der Waals surface area contributed by atoms with Gasteiger partial charge in [0.1, 0.15) is 5.75 Å². The molecule has 1 unspecified atom stereocenters. The van der Waals surface area contributed by atoms with Crippen LogP contribution in [0.25, 0.3) is 0 Å². The van der Waals surface area contributed by atoms with Gasteiger partial charge in [0.05, 0.1) is 19.2 Å². The number of tetrazole rings is 1. The number of para-hydroxylation sites is 1. The van der Waals surface area contributed by atoms with Crippen molar-refractivity contribution in [1.29, 1.82) is 0 Å². The Morgan fingerprint density at radius 1 is 1.38 bits per heavy atom. The molecule has 1 aliphatic heterocycles. The highest BCUT2D eigenvalue weighted by Crippen LogP contribution is 2.34. The van der Waals surface area contributed by atoms with Crippen molar-refractivity contribution < 1.29 is 4.74 Å². The predicted octanol–water partition coefficient (Wildman–Crippen LogP) is 1.79. The number of hydrogen-bond acceptors (Lipinski definition) is 5. The van der Waals surface area contributed by atoms with Gasteiger partial charge in [-0.05, 0) is 29.0 Å². The number of aromatic nitrogens is 4. The summed E-state index contributed by atoms with van der Waals surface area (Å²) in [6, 6.07) is 8.27. The van der Waals surface area contributed by atoms with E-state index in [1.165, 1.54) is 0 Å². The van der Waals surface area contributed by atoms with E-state index < -0.39 is 0 Å². The summed E-state index contributed by atoms with van der Waals surface area (Å²) >= 11 is 0. The van der Waals surface area contributed by atoms with E-state index in [4.69, 9.17) is 4.74 Å². The number of rotatable bonds is 5. The monoisotopic (exact) mass is 287 g/mol. The molecule has 1 aromatic carbocycles. The third kappa shape index (κ3) is 3.05. The van der Waals surface area contributed by atoms with Crippen LogP contribution in [-0.4, -0.2) is 33.4 Å². The lowest BCUT2D eigenvalue weighted by atomic mass is 10.0. The normalized spacial score (nSPS) is 17.6. The fourth-order valence-corrected chi connectivity index (χ4v) is 2.62. The summed E-state index contributed by atoms with van der Waals surface area (Å²) in [7, 11) is 0. The topological polar surface area (TPSA) is 64.9 Å². The van der Waals surface area contributed by atoms with E-state index in [2.05, 4.69) is 40.8 Å². The number of fused-ring (bicyclic) bond motifs is 1. The second-order valence-corrected chi connectivity index (χ2v) is 5.76. The molecule has 1 N–H and O–H groups in total. The Morgan fingerprint density at radius 2 is 2.24 bits per heavy atom. The maximum absolute atomic E-state index is 5.71. The Morgan fingerprint density at radius 3 is 3.10 bits per heavy atom. The zero-order valence-corrected chi connectivity index (χ0v) is 12.5. The number of nitrogens with one attached hydrogen (secondary N) is 1. The van der Waals surface area contributed by atoms with Crippen molar-refractivity contribution in [1.82, 2.24) is 25.5 Å². The summed E-state index contributed by atoms with van der Waals surface area (Å²) in [5.41, 5.74) is 1.15. The van der Waals surface area contributed by atoms with Crippen molar-refractivity contribution in [2.45, 2.75) is 32.9 Å². The van der Waals surface area contributed by atoms with Gasteiger partial charge in [-0.25, -0.2) is 4.68 Å². The molecule has 112 valence electrons. The lowest BCUT2D eigenvalue weighted by Gasteiger charge is -2.26. The Hall–Kier alpha value is -1.95. The van der Waals surface area contributed by atoms with Crippen molar-refractivity contribution in [3.8, 4) is 5.75 Å². The standard InChI is InChI=1S/C15H21N5O/c1-11(2)9-16-10-15-17-18-19-20(15)13-7-8-21-14-6-4-3-5-12(13)14/h3-6,11,13,16H,7-10H2,1-2H3. The molecule has 1 atom stereocenters. The fraction of sp³-hybridized carbons (Fsp3) is 0.533. The molecular formula is C15H21N5O. The first-order valence-corrected chi connectivity index (χ1v) is 7.45. The highest BCUT2D eigenvalue weighted by atomic mass is 16.5. The molecule has 0 saturated heterocycles. The van der Waals surface area contributed by atoms with Crippen LogP contribution in [0.5, 0.6) is 5.75 Å². The first kappa shape index (κ1) is 14.0. The van der Waals surface area contributed by atoms with E-state index in [1.807, 2.05) is 22.9 Å². The summed E-state index contributed by atoms with van der Waals surface area (Å²) in [6.45, 7) is 6.71. The lowest BCUT2D eigenvalue weighted by Crippen LogP contribution is -2.26. The van der Waals surface area contributed by atoms with E-state index in [1.54, 1.807) is 0 Å². The minimum absolute atomic E-state index is 0.154. The molecule has 2 heterocycles. The van der Waals surface area contributed by atoms with Crippen LogP contribution in [0.3, 0.4) is 0 Å². The molecule has 0 aliphatic carbocycles. The Kier molecular flexibility index (Phi) is 4.15. The summed E-state index contributed by atoms with van der Waals surface area (Å²) in [5, 5.41) is 15.6. The Balaban J connectivity index is 1.80. The van der Waals surface area contributed by atoms with Gasteiger partial charge in [0.25, 0.3) is 0 Å². The number of nitrogens with zero attached hydrogens (tertiary/aromatic N) is 4. The molecule has 0 amide bonds. The third-order valence-electron chi connectivity index (χ3n) is 3.62. The average Bonchev–Trinajstić information content (AvgIpc) is 2.94. The van der Waals surface area contributed by atoms with E-state index in [9.17, 15) is 0 Å². The summed E-state index contributed by atoms with van der Waals surface area (Å²) < 4.78 is 7.63. The predicted molar refractivity (Wildman–Crippen MR) is 79.1 cm³/mol. The van der Waals surface area contributed by atoms with Gasteiger partial charge in [0.2, 0.25) is 0 Å². The molecule has 0 fully saturated rings. The lowest BCUT2D eigenvalue weighted by molar-refractivity contribution is 0.246. The molecule has 1 aromatic heterocycles. The van der Waals surface area contributed by atoms with Gasteiger partial charge in [-0.3, -0.25) is 0 Å². The largest absolute Gasteiger partial charge is 0.493 e. The van der Waals surface area contributed by atoms with Gasteiger partial charge in [0.15, 0.2) is 5.82 Å². The maximum Gasteiger partial charge on any atom is 0.165 e. The van der Waals surface area contributed by atoms with Crippen LogP contribution in [0.2, 0.25) is 0 Å². The quantitative estimate of drug-likeness (QED) is 0.908. The van der Waals surface area contributed by atoms with Crippen molar-refractivity contribution in [2.24, 2.45) is 5.92 Å². The van der Waals surface area contributed by atoms with Crippen LogP contribution in [0.15, 0.2) is 24.3 Å². The van der Waals surface area contributed by atoms with Gasteiger partial charge >= 0.3 is 0 Å². The van der Waals surface area contributed by atoms with E-state index in [0.29, 0.717) is 19.1 Å². The van der Waals surface area contributed by atoms with E-state index >= 15 is 0 Å². The van der Waals surface area contributed by atoms with Crippen LogP contribution in [-0.2, 0) is 6.54 Å². The molecule has 6 nitrogen and oxygen atoms in total. The molecular weight excluding hydrogens is 266 g/mol. The van der Waals surface area contributed by atoms with Gasteiger partial charge < -0.3 is 10.1 Å². The highest BCUT2D eigenvalue weighted by molar-refractivity contribution is 5.37. The zero-order valence-electron chi connectivity index (χ0n) is 12.5. The molecule has 21 heavy (non-hydrogen) atoms. The molecule has 1 aliphatic rings. The van der Waals surface area contributed by atoms with Crippen molar-refractivity contribution >= 4 is 0 Å². The second kappa shape index (κ2) is 6.22. The molecule has 0 bridgehead atoms. The minimum atomic E-state index is 0.154. The van der Waals surface area contributed by atoms with Gasteiger partial charge in [-0.1, -0.05) is 32.0 Å². The van der Waals surface area contributed by atoms with Crippen molar-refractivity contribution in [2.75, 3.05) is 13.2 Å². The van der Waals surface area contributed by atoms with Crippen LogP contribution in [0, 0.1) is 5.92 Å². The SMILES string of the molecule is CC(C)CNCc1nnnn1C1CCOc2ccccc21. The summed E-state index contributed by atoms with van der Waals surface area (Å²) in [4.78, 5) is 0. The minimum Gasteiger partial charge on any atom is -0.493 e. The molecule has 3 rings (SSSR count).